The number of benzene rings is 3. The summed E-state index contributed by atoms with van der Waals surface area (Å²) >= 11 is 0. The molecule has 1 unspecified atom stereocenters. The van der Waals surface area contributed by atoms with Crippen LogP contribution in [0.4, 0.5) is 0 Å². The molecule has 6 aromatic rings. The van der Waals surface area contributed by atoms with Crippen molar-refractivity contribution in [2.24, 2.45) is 0 Å². The van der Waals surface area contributed by atoms with Gasteiger partial charge in [-0.05, 0) is 101 Å². The normalized spacial score (nSPS) is 18.1. The number of likely N-dealkylation sites (tertiary alicyclic amines) is 2. The Morgan fingerprint density at radius 1 is 0.632 bits per heavy atom. The maximum Gasteiger partial charge on any atom is 0.245 e. The van der Waals surface area contributed by atoms with E-state index in [0.29, 0.717) is 13.1 Å². The minimum atomic E-state index is -0.353. The number of hydrogen-bond acceptors (Lipinski definition) is 7. The molecular weight excluding hydrogens is 711 g/mol. The summed E-state index contributed by atoms with van der Waals surface area (Å²) in [4.78, 5) is 57.3. The van der Waals surface area contributed by atoms with Crippen molar-refractivity contribution in [2.75, 3.05) is 41.3 Å². The number of carbonyl (C=O) groups is 2. The van der Waals surface area contributed by atoms with Gasteiger partial charge in [-0.1, -0.05) is 72.8 Å². The van der Waals surface area contributed by atoms with E-state index in [1.54, 1.807) is 0 Å². The quantitative estimate of drug-likeness (QED) is 0.139. The number of nitrogens with zero attached hydrogens (tertiary/aromatic N) is 7. The molecule has 8 rings (SSSR count). The van der Waals surface area contributed by atoms with Crippen molar-refractivity contribution in [1.82, 2.24) is 44.5 Å². The minimum absolute atomic E-state index is 0.0943. The number of carbonyl (C=O) groups excluding carboxylic acids is 2. The standard InChI is InChI=1S/C46H51N9O2/c1-30-26-33(37-28-48-43(50-37)39-18-12-24-54(39)45(56)41(52(2)3)31-14-8-6-9-15-31)20-22-35(30)36-23-21-34(27-47-36)38-29-49-44(51-38)40-19-13-25-55(40)46(57)42(53(4)5)32-16-10-7-11-17-32/h6-11,14-17,20-23,26-29,39-42H,12-13,18-19,24-25H2,1-5H3,(H,48,50)(H,49,51)/t39?,40-,41-,42+/m0/s1. The van der Waals surface area contributed by atoms with Crippen LogP contribution in [0.3, 0.4) is 0 Å². The van der Waals surface area contributed by atoms with Crippen molar-refractivity contribution >= 4 is 11.8 Å². The number of aromatic amines is 2. The summed E-state index contributed by atoms with van der Waals surface area (Å²) in [5, 5.41) is 0. The molecule has 0 aliphatic carbocycles. The van der Waals surface area contributed by atoms with Crippen molar-refractivity contribution in [3.63, 3.8) is 0 Å². The van der Waals surface area contributed by atoms with E-state index in [1.165, 1.54) is 0 Å². The van der Waals surface area contributed by atoms with Crippen LogP contribution in [0, 0.1) is 6.92 Å². The maximum atomic E-state index is 14.0. The van der Waals surface area contributed by atoms with Crippen LogP contribution in [0.1, 0.15) is 78.2 Å². The zero-order valence-electron chi connectivity index (χ0n) is 33.4. The molecule has 2 amide bonds. The zero-order chi connectivity index (χ0) is 39.6. The summed E-state index contributed by atoms with van der Waals surface area (Å²) in [7, 11) is 7.83. The van der Waals surface area contributed by atoms with Gasteiger partial charge >= 0.3 is 0 Å². The van der Waals surface area contributed by atoms with Gasteiger partial charge in [-0.3, -0.25) is 24.4 Å². The number of likely N-dealkylation sites (N-methyl/N-ethyl adjacent to an activating group) is 2. The van der Waals surface area contributed by atoms with Crippen LogP contribution < -0.4 is 0 Å². The largest absolute Gasteiger partial charge is 0.340 e. The Balaban J connectivity index is 0.950. The van der Waals surface area contributed by atoms with Crippen molar-refractivity contribution in [2.45, 2.75) is 56.8 Å². The number of nitrogens with one attached hydrogen (secondary N) is 2. The van der Waals surface area contributed by atoms with Gasteiger partial charge in [-0.15, -0.1) is 0 Å². The van der Waals surface area contributed by atoms with Gasteiger partial charge in [0.05, 0.1) is 41.6 Å². The number of aryl methyl sites for hydroxylation is 1. The Kier molecular flexibility index (Phi) is 10.9. The molecule has 2 N–H and O–H groups in total. The molecule has 2 aliphatic heterocycles. The molecule has 0 spiro atoms. The van der Waals surface area contributed by atoms with E-state index < -0.39 is 0 Å². The highest BCUT2D eigenvalue weighted by molar-refractivity contribution is 5.84. The van der Waals surface area contributed by atoms with E-state index in [9.17, 15) is 9.59 Å². The van der Waals surface area contributed by atoms with E-state index in [-0.39, 0.29) is 36.0 Å². The molecule has 0 radical (unpaired) electrons. The van der Waals surface area contributed by atoms with Crippen LogP contribution >= 0.6 is 0 Å². The second-order valence-corrected chi connectivity index (χ2v) is 15.8. The fourth-order valence-electron chi connectivity index (χ4n) is 8.67. The molecule has 2 saturated heterocycles. The number of aromatic nitrogens is 5. The fourth-order valence-corrected chi connectivity index (χ4v) is 8.67. The van der Waals surface area contributed by atoms with Gasteiger partial charge < -0.3 is 19.8 Å². The summed E-state index contributed by atoms with van der Waals surface area (Å²) in [6.07, 6.45) is 9.21. The Labute approximate surface area is 334 Å². The van der Waals surface area contributed by atoms with Gasteiger partial charge in [-0.2, -0.15) is 0 Å². The molecule has 3 aromatic carbocycles. The van der Waals surface area contributed by atoms with Crippen molar-refractivity contribution in [3.05, 3.63) is 138 Å². The predicted molar refractivity (Wildman–Crippen MR) is 223 cm³/mol. The Hall–Kier alpha value is -5.91. The Bertz CT molecular complexity index is 2320. The molecule has 2 aliphatic rings. The molecule has 11 heteroatoms. The number of imidazole rings is 2. The van der Waals surface area contributed by atoms with Crippen LogP contribution in [-0.2, 0) is 9.59 Å². The van der Waals surface area contributed by atoms with Crippen LogP contribution in [0.2, 0.25) is 0 Å². The molecule has 11 nitrogen and oxygen atoms in total. The molecule has 5 heterocycles. The maximum absolute atomic E-state index is 14.0. The SMILES string of the molecule is Cc1cc(-c2cnc(C3CCCN3C(=O)[C@H](c3ccccc3)N(C)C)[nH]2)ccc1-c1ccc(-c2cnc([C@@H]3CCCN3C(=O)[C@@H](c3ccccc3)N(C)C)[nH]2)cn1. The number of H-pyrrole nitrogens is 2. The first-order valence-corrected chi connectivity index (χ1v) is 19.9. The predicted octanol–water partition coefficient (Wildman–Crippen LogP) is 7.77. The smallest absolute Gasteiger partial charge is 0.245 e. The zero-order valence-corrected chi connectivity index (χ0v) is 33.4. The summed E-state index contributed by atoms with van der Waals surface area (Å²) < 4.78 is 0. The van der Waals surface area contributed by atoms with E-state index in [2.05, 4.69) is 41.2 Å². The first-order chi connectivity index (χ1) is 27.7. The molecule has 4 atom stereocenters. The highest BCUT2D eigenvalue weighted by Gasteiger charge is 2.38. The lowest BCUT2D eigenvalue weighted by Gasteiger charge is -2.31. The number of amides is 2. The minimum Gasteiger partial charge on any atom is -0.340 e. The van der Waals surface area contributed by atoms with E-state index in [0.717, 1.165) is 87.8 Å². The van der Waals surface area contributed by atoms with Crippen LogP contribution in [0.5, 0.6) is 0 Å². The first-order valence-electron chi connectivity index (χ1n) is 19.9. The lowest BCUT2D eigenvalue weighted by atomic mass is 10.0. The average Bonchev–Trinajstić information content (AvgIpc) is 4.06. The lowest BCUT2D eigenvalue weighted by Crippen LogP contribution is -2.40. The second-order valence-electron chi connectivity index (χ2n) is 15.8. The number of hydrogen-bond donors (Lipinski definition) is 2. The third kappa shape index (κ3) is 7.65. The highest BCUT2D eigenvalue weighted by atomic mass is 16.2. The highest BCUT2D eigenvalue weighted by Crippen LogP contribution is 2.37. The second kappa shape index (κ2) is 16.3. The Morgan fingerprint density at radius 3 is 1.58 bits per heavy atom. The van der Waals surface area contributed by atoms with Gasteiger partial charge in [0.25, 0.3) is 0 Å². The van der Waals surface area contributed by atoms with E-state index in [1.807, 2.05) is 133 Å². The third-order valence-electron chi connectivity index (χ3n) is 11.5. The van der Waals surface area contributed by atoms with Gasteiger partial charge in [-0.25, -0.2) is 9.97 Å². The first kappa shape index (κ1) is 38.0. The summed E-state index contributed by atoms with van der Waals surface area (Å²) in [5.74, 6) is 1.82. The molecular formula is C46H51N9O2. The van der Waals surface area contributed by atoms with Crippen LogP contribution in [0.25, 0.3) is 33.8 Å². The summed E-state index contributed by atoms with van der Waals surface area (Å²) in [6.45, 7) is 3.52. The Morgan fingerprint density at radius 2 is 1.12 bits per heavy atom. The molecule has 2 fully saturated rings. The lowest BCUT2D eigenvalue weighted by molar-refractivity contribution is -0.138. The summed E-state index contributed by atoms with van der Waals surface area (Å²) in [5.41, 5.74) is 8.76. The van der Waals surface area contributed by atoms with Gasteiger partial charge in [0.2, 0.25) is 11.8 Å². The van der Waals surface area contributed by atoms with Crippen LogP contribution in [0.15, 0.2) is 110 Å². The van der Waals surface area contributed by atoms with E-state index in [4.69, 9.17) is 15.0 Å². The van der Waals surface area contributed by atoms with Crippen molar-refractivity contribution in [3.8, 4) is 33.8 Å². The average molecular weight is 762 g/mol. The number of rotatable bonds is 11. The molecule has 57 heavy (non-hydrogen) atoms. The topological polar surface area (TPSA) is 117 Å². The number of pyridine rings is 1. The fraction of sp³-hybridized carbons (Fsp3) is 0.326. The van der Waals surface area contributed by atoms with E-state index >= 15 is 0 Å². The molecule has 0 saturated carbocycles. The van der Waals surface area contributed by atoms with Gasteiger partial charge in [0.15, 0.2) is 0 Å². The molecule has 292 valence electrons. The van der Waals surface area contributed by atoms with Gasteiger partial charge in [0.1, 0.15) is 23.7 Å². The summed E-state index contributed by atoms with van der Waals surface area (Å²) in [6, 6.07) is 29.5. The molecule has 3 aromatic heterocycles. The monoisotopic (exact) mass is 761 g/mol. The van der Waals surface area contributed by atoms with Crippen LogP contribution in [-0.4, -0.2) is 97.6 Å². The molecule has 0 bridgehead atoms. The van der Waals surface area contributed by atoms with Gasteiger partial charge in [0, 0.05) is 30.4 Å². The van der Waals surface area contributed by atoms with Crippen molar-refractivity contribution in [1.29, 1.82) is 0 Å². The van der Waals surface area contributed by atoms with Crippen molar-refractivity contribution < 1.29 is 9.59 Å². The third-order valence-corrected chi connectivity index (χ3v) is 11.5.